The van der Waals surface area contributed by atoms with Gasteiger partial charge in [0, 0.05) is 28.1 Å². The molecule has 0 spiro atoms. The van der Waals surface area contributed by atoms with E-state index in [1.807, 2.05) is 0 Å². The van der Waals surface area contributed by atoms with Crippen LogP contribution >= 0.6 is 23.4 Å². The summed E-state index contributed by atoms with van der Waals surface area (Å²) in [7, 11) is 1.13. The summed E-state index contributed by atoms with van der Waals surface area (Å²) in [6, 6.07) is 8.96. The molecular weight excluding hydrogens is 480 g/mol. The molecule has 0 aliphatic heterocycles. The second kappa shape index (κ2) is 9.95. The highest BCUT2D eigenvalue weighted by molar-refractivity contribution is 7.99. The second-order valence-electron chi connectivity index (χ2n) is 7.45. The van der Waals surface area contributed by atoms with E-state index >= 15 is 0 Å². The van der Waals surface area contributed by atoms with Crippen LogP contribution in [-0.4, -0.2) is 40.5 Å². The maximum atomic E-state index is 14.7. The van der Waals surface area contributed by atoms with Crippen LogP contribution in [0, 0.1) is 12.7 Å². The molecule has 1 aromatic heterocycles. The van der Waals surface area contributed by atoms with Gasteiger partial charge in [-0.05, 0) is 43.0 Å². The van der Waals surface area contributed by atoms with E-state index in [9.17, 15) is 22.7 Å². The molecule has 2 aromatic carbocycles. The molecular formula is C23H23ClF4N2O2S. The van der Waals surface area contributed by atoms with Crippen molar-refractivity contribution in [2.24, 2.45) is 0 Å². The summed E-state index contributed by atoms with van der Waals surface area (Å²) in [5.74, 6) is -1.82. The third kappa shape index (κ3) is 5.00. The van der Waals surface area contributed by atoms with Crippen LogP contribution in [0.2, 0.25) is 5.02 Å². The van der Waals surface area contributed by atoms with Crippen molar-refractivity contribution in [3.05, 3.63) is 64.6 Å². The van der Waals surface area contributed by atoms with Gasteiger partial charge in [0.05, 0.1) is 23.7 Å². The minimum Gasteiger partial charge on any atom is -0.493 e. The van der Waals surface area contributed by atoms with Crippen molar-refractivity contribution >= 4 is 40.0 Å². The van der Waals surface area contributed by atoms with Gasteiger partial charge in [-0.2, -0.15) is 24.9 Å². The number of aliphatic hydroxyl groups is 1. The predicted molar refractivity (Wildman–Crippen MR) is 125 cm³/mol. The number of rotatable bonds is 8. The first-order valence-electron chi connectivity index (χ1n) is 10.0. The van der Waals surface area contributed by atoms with Crippen LogP contribution in [0.1, 0.15) is 24.2 Å². The van der Waals surface area contributed by atoms with E-state index in [2.05, 4.69) is 10.3 Å². The molecule has 0 saturated carbocycles. The Morgan fingerprint density at radius 1 is 1.18 bits per heavy atom. The molecule has 2 N–H and O–H groups in total. The molecule has 0 bridgehead atoms. The number of fused-ring (bicyclic) bond motifs is 1. The number of benzene rings is 2. The summed E-state index contributed by atoms with van der Waals surface area (Å²) in [6.07, 6.45) is -5.05. The average molecular weight is 503 g/mol. The van der Waals surface area contributed by atoms with Crippen LogP contribution in [0.3, 0.4) is 0 Å². The van der Waals surface area contributed by atoms with Gasteiger partial charge in [0.1, 0.15) is 0 Å². The van der Waals surface area contributed by atoms with E-state index in [0.717, 1.165) is 30.6 Å². The van der Waals surface area contributed by atoms with Crippen molar-refractivity contribution < 1.29 is 27.4 Å². The number of hydrogen-bond acceptors (Lipinski definition) is 5. The minimum absolute atomic E-state index is 0.215. The van der Waals surface area contributed by atoms with Gasteiger partial charge in [0.2, 0.25) is 0 Å². The topological polar surface area (TPSA) is 54.4 Å². The number of thioether (sulfide) groups is 1. The van der Waals surface area contributed by atoms with Gasteiger partial charge >= 0.3 is 6.18 Å². The fourth-order valence-corrected chi connectivity index (χ4v) is 4.56. The predicted octanol–water partition coefficient (Wildman–Crippen LogP) is 6.54. The summed E-state index contributed by atoms with van der Waals surface area (Å²) in [5.41, 5.74) is -1.88. The number of methoxy groups -OCH3 is 1. The quantitative estimate of drug-likeness (QED) is 0.342. The Labute approximate surface area is 198 Å². The van der Waals surface area contributed by atoms with Gasteiger partial charge < -0.3 is 15.2 Å². The number of anilines is 1. The number of alkyl halides is 3. The van der Waals surface area contributed by atoms with E-state index < -0.39 is 35.1 Å². The second-order valence-corrected chi connectivity index (χ2v) is 9.13. The number of halogens is 5. The lowest BCUT2D eigenvalue weighted by Gasteiger charge is -2.39. The molecule has 178 valence electrons. The van der Waals surface area contributed by atoms with E-state index in [0.29, 0.717) is 22.3 Å². The zero-order valence-electron chi connectivity index (χ0n) is 18.1. The Morgan fingerprint density at radius 3 is 2.55 bits per heavy atom. The van der Waals surface area contributed by atoms with Gasteiger partial charge in [0.25, 0.3) is 0 Å². The maximum Gasteiger partial charge on any atom is 0.420 e. The van der Waals surface area contributed by atoms with Crippen molar-refractivity contribution in [2.75, 3.05) is 23.9 Å². The van der Waals surface area contributed by atoms with Gasteiger partial charge in [-0.25, -0.2) is 4.39 Å². The SMILES string of the molecule is CCSC[C@@](O)([C@@H](Nc1cccc2nc(C)ccc12)c1ccc(Cl)c(F)c1OC)C(F)(F)F. The smallest absolute Gasteiger partial charge is 0.420 e. The first-order valence-corrected chi connectivity index (χ1v) is 11.6. The van der Waals surface area contributed by atoms with Crippen LogP contribution in [0.25, 0.3) is 10.9 Å². The molecule has 0 unspecified atom stereocenters. The Hall–Kier alpha value is -2.23. The average Bonchev–Trinajstić information content (AvgIpc) is 2.76. The van der Waals surface area contributed by atoms with Gasteiger partial charge in [0.15, 0.2) is 17.2 Å². The van der Waals surface area contributed by atoms with Crippen molar-refractivity contribution in [2.45, 2.75) is 31.7 Å². The van der Waals surface area contributed by atoms with Gasteiger partial charge in [-0.1, -0.05) is 30.7 Å². The van der Waals surface area contributed by atoms with Gasteiger partial charge in [-0.3, -0.25) is 4.98 Å². The fraction of sp³-hybridized carbons (Fsp3) is 0.348. The molecule has 0 amide bonds. The molecule has 33 heavy (non-hydrogen) atoms. The first-order chi connectivity index (χ1) is 15.5. The number of ether oxygens (including phenoxy) is 1. The molecule has 0 saturated heterocycles. The largest absolute Gasteiger partial charge is 0.493 e. The zero-order chi connectivity index (χ0) is 24.4. The van der Waals surface area contributed by atoms with Crippen molar-refractivity contribution in [3.63, 3.8) is 0 Å². The molecule has 0 radical (unpaired) electrons. The summed E-state index contributed by atoms with van der Waals surface area (Å²) in [6.45, 7) is 3.49. The maximum absolute atomic E-state index is 14.7. The molecule has 3 rings (SSSR count). The summed E-state index contributed by atoms with van der Waals surface area (Å²) in [5, 5.41) is 14.2. The molecule has 3 aromatic rings. The van der Waals surface area contributed by atoms with E-state index in [-0.39, 0.29) is 10.6 Å². The Balaban J connectivity index is 2.26. The van der Waals surface area contributed by atoms with Gasteiger partial charge in [-0.15, -0.1) is 0 Å². The van der Waals surface area contributed by atoms with E-state index in [1.54, 1.807) is 44.2 Å². The third-order valence-corrected chi connectivity index (χ3v) is 6.61. The molecule has 0 fully saturated rings. The van der Waals surface area contributed by atoms with Crippen molar-refractivity contribution in [1.29, 1.82) is 0 Å². The van der Waals surface area contributed by atoms with Crippen LogP contribution in [0.4, 0.5) is 23.2 Å². The number of aromatic nitrogens is 1. The number of nitrogens with one attached hydrogen (secondary N) is 1. The van der Waals surface area contributed by atoms with Crippen molar-refractivity contribution in [3.8, 4) is 5.75 Å². The Morgan fingerprint density at radius 2 is 1.91 bits per heavy atom. The van der Waals surface area contributed by atoms with Crippen LogP contribution in [0.15, 0.2) is 42.5 Å². The molecule has 4 nitrogen and oxygen atoms in total. The van der Waals surface area contributed by atoms with E-state index in [1.165, 1.54) is 6.07 Å². The number of pyridine rings is 1. The molecule has 0 aliphatic carbocycles. The summed E-state index contributed by atoms with van der Waals surface area (Å²) >= 11 is 6.76. The Bertz CT molecular complexity index is 1150. The lowest BCUT2D eigenvalue weighted by molar-refractivity contribution is -0.256. The number of hydrogen-bond donors (Lipinski definition) is 2. The highest BCUT2D eigenvalue weighted by Crippen LogP contribution is 2.47. The lowest BCUT2D eigenvalue weighted by Crippen LogP contribution is -2.54. The number of aryl methyl sites for hydroxylation is 1. The third-order valence-electron chi connectivity index (χ3n) is 5.26. The molecule has 0 aliphatic rings. The summed E-state index contributed by atoms with van der Waals surface area (Å²) < 4.78 is 62.9. The van der Waals surface area contributed by atoms with Crippen molar-refractivity contribution in [1.82, 2.24) is 4.98 Å². The molecule has 1 heterocycles. The minimum atomic E-state index is -5.05. The monoisotopic (exact) mass is 502 g/mol. The highest BCUT2D eigenvalue weighted by Gasteiger charge is 2.59. The Kier molecular flexibility index (Phi) is 7.65. The van der Waals surface area contributed by atoms with Crippen LogP contribution < -0.4 is 10.1 Å². The highest BCUT2D eigenvalue weighted by atomic mass is 35.5. The van der Waals surface area contributed by atoms with Crippen LogP contribution in [-0.2, 0) is 0 Å². The number of nitrogens with zero attached hydrogens (tertiary/aromatic N) is 1. The fourth-order valence-electron chi connectivity index (χ4n) is 3.56. The standard InChI is InChI=1S/C23H23ClF4N2O2S/c1-4-33-12-22(31,23(26,27)28)21(15-10-11-16(24)19(25)20(15)32-3)30-18-7-5-6-17-14(18)9-8-13(2)29-17/h5-11,21,30-31H,4,12H2,1-3H3/t21-,22+/m0/s1. The molecule has 2 atom stereocenters. The zero-order valence-corrected chi connectivity index (χ0v) is 19.7. The summed E-state index contributed by atoms with van der Waals surface area (Å²) in [4.78, 5) is 4.41. The first kappa shape index (κ1) is 25.4. The lowest BCUT2D eigenvalue weighted by atomic mass is 9.88. The van der Waals surface area contributed by atoms with Crippen LogP contribution in [0.5, 0.6) is 5.75 Å². The normalized spacial score (nSPS) is 14.7. The van der Waals surface area contributed by atoms with E-state index in [4.69, 9.17) is 16.3 Å². The molecule has 10 heteroatoms.